The van der Waals surface area contributed by atoms with E-state index in [0.29, 0.717) is 18.0 Å². The van der Waals surface area contributed by atoms with Crippen molar-refractivity contribution in [3.05, 3.63) is 90.0 Å². The Morgan fingerprint density at radius 2 is 1.29 bits per heavy atom. The molecule has 3 aromatic rings. The van der Waals surface area contributed by atoms with Crippen LogP contribution in [-0.2, 0) is 0 Å². The van der Waals surface area contributed by atoms with Crippen molar-refractivity contribution in [2.75, 3.05) is 6.61 Å². The number of rotatable bonds is 15. The van der Waals surface area contributed by atoms with Crippen molar-refractivity contribution in [2.24, 2.45) is 0 Å². The van der Waals surface area contributed by atoms with Gasteiger partial charge < -0.3 is 4.74 Å². The predicted octanol–water partition coefficient (Wildman–Crippen LogP) is 6.85. The van der Waals surface area contributed by atoms with Gasteiger partial charge in [0.15, 0.2) is 11.6 Å². The second-order valence-corrected chi connectivity index (χ2v) is 8.57. The fraction of sp³-hybridized carbons (Fsp3) is 0.379. The highest BCUT2D eigenvalue weighted by molar-refractivity contribution is 5.97. The molecule has 0 saturated carbocycles. The van der Waals surface area contributed by atoms with Gasteiger partial charge in [0.1, 0.15) is 17.1 Å². The Morgan fingerprint density at radius 1 is 0.735 bits per heavy atom. The molecule has 34 heavy (non-hydrogen) atoms. The zero-order valence-electron chi connectivity index (χ0n) is 20.0. The highest BCUT2D eigenvalue weighted by Gasteiger charge is 2.22. The lowest BCUT2D eigenvalue weighted by molar-refractivity contribution is 0.0939. The Bertz CT molecular complexity index is 951. The van der Waals surface area contributed by atoms with Gasteiger partial charge in [-0.1, -0.05) is 63.3 Å². The zero-order valence-corrected chi connectivity index (χ0v) is 20.0. The molecule has 0 aliphatic carbocycles. The van der Waals surface area contributed by atoms with E-state index < -0.39 is 0 Å². The monoisotopic (exact) mass is 458 g/mol. The summed E-state index contributed by atoms with van der Waals surface area (Å²) >= 11 is 0. The SMILES string of the molecule is CCCCCCCCOc1ccc(C(CC(=O)c2ccccn2)CC(=O)c2ccccn2)cc1. The van der Waals surface area contributed by atoms with E-state index in [-0.39, 0.29) is 30.3 Å². The summed E-state index contributed by atoms with van der Waals surface area (Å²) in [6.07, 6.45) is 11.0. The van der Waals surface area contributed by atoms with Crippen molar-refractivity contribution < 1.29 is 14.3 Å². The van der Waals surface area contributed by atoms with Crippen molar-refractivity contribution in [2.45, 2.75) is 64.2 Å². The molecule has 0 bridgehead atoms. The van der Waals surface area contributed by atoms with Crippen LogP contribution < -0.4 is 4.74 Å². The van der Waals surface area contributed by atoms with Gasteiger partial charge in [-0.05, 0) is 54.3 Å². The Balaban J connectivity index is 1.63. The average Bonchev–Trinajstić information content (AvgIpc) is 2.89. The maximum absolute atomic E-state index is 12.9. The molecule has 2 heterocycles. The summed E-state index contributed by atoms with van der Waals surface area (Å²) in [6.45, 7) is 2.92. The molecule has 3 rings (SSSR count). The van der Waals surface area contributed by atoms with E-state index in [1.807, 2.05) is 24.3 Å². The third kappa shape index (κ3) is 8.22. The normalized spacial score (nSPS) is 10.9. The van der Waals surface area contributed by atoms with Gasteiger partial charge in [0.05, 0.1) is 6.61 Å². The minimum atomic E-state index is -0.267. The first-order valence-electron chi connectivity index (χ1n) is 12.3. The molecule has 0 aliphatic heterocycles. The number of nitrogens with zero attached hydrogens (tertiary/aromatic N) is 2. The van der Waals surface area contributed by atoms with E-state index >= 15 is 0 Å². The molecule has 2 aromatic heterocycles. The van der Waals surface area contributed by atoms with Crippen LogP contribution in [0.15, 0.2) is 73.1 Å². The molecule has 0 amide bonds. The lowest BCUT2D eigenvalue weighted by Crippen LogP contribution is -2.14. The number of hydrogen-bond donors (Lipinski definition) is 0. The van der Waals surface area contributed by atoms with E-state index in [2.05, 4.69) is 16.9 Å². The summed E-state index contributed by atoms with van der Waals surface area (Å²) in [5, 5.41) is 0. The van der Waals surface area contributed by atoms with Crippen LogP contribution in [0.5, 0.6) is 5.75 Å². The van der Waals surface area contributed by atoms with Crippen molar-refractivity contribution >= 4 is 11.6 Å². The lowest BCUT2D eigenvalue weighted by atomic mass is 9.87. The average molecular weight is 459 g/mol. The van der Waals surface area contributed by atoms with E-state index in [9.17, 15) is 9.59 Å². The molecule has 0 unspecified atom stereocenters. The van der Waals surface area contributed by atoms with Crippen LogP contribution in [0, 0.1) is 0 Å². The van der Waals surface area contributed by atoms with E-state index in [4.69, 9.17) is 4.74 Å². The summed E-state index contributed by atoms with van der Waals surface area (Å²) < 4.78 is 5.89. The first-order chi connectivity index (χ1) is 16.7. The molecule has 0 aliphatic rings. The second kappa shape index (κ2) is 14.0. The van der Waals surface area contributed by atoms with Crippen LogP contribution in [0.2, 0.25) is 0 Å². The number of benzene rings is 1. The molecule has 5 heteroatoms. The maximum Gasteiger partial charge on any atom is 0.181 e. The number of Topliss-reactive ketones (excluding diaryl/α,β-unsaturated/α-hetero) is 2. The van der Waals surface area contributed by atoms with E-state index in [1.165, 1.54) is 32.1 Å². The van der Waals surface area contributed by atoms with Crippen molar-refractivity contribution in [3.63, 3.8) is 0 Å². The zero-order chi connectivity index (χ0) is 24.0. The highest BCUT2D eigenvalue weighted by atomic mass is 16.5. The van der Waals surface area contributed by atoms with Gasteiger partial charge in [0.2, 0.25) is 0 Å². The van der Waals surface area contributed by atoms with E-state index in [1.54, 1.807) is 48.8 Å². The van der Waals surface area contributed by atoms with Gasteiger partial charge in [0.25, 0.3) is 0 Å². The van der Waals surface area contributed by atoms with Crippen LogP contribution in [0.25, 0.3) is 0 Å². The topological polar surface area (TPSA) is 69.2 Å². The van der Waals surface area contributed by atoms with Gasteiger partial charge in [-0.25, -0.2) is 0 Å². The molecule has 5 nitrogen and oxygen atoms in total. The Labute approximate surface area is 202 Å². The number of ether oxygens (including phenoxy) is 1. The number of pyridine rings is 2. The number of aromatic nitrogens is 2. The quantitative estimate of drug-likeness (QED) is 0.184. The summed E-state index contributed by atoms with van der Waals surface area (Å²) in [7, 11) is 0. The second-order valence-electron chi connectivity index (χ2n) is 8.57. The number of ketones is 2. The molecule has 0 radical (unpaired) electrons. The Hall–Kier alpha value is -3.34. The third-order valence-electron chi connectivity index (χ3n) is 5.88. The molecule has 0 spiro atoms. The molecule has 0 N–H and O–H groups in total. The summed E-state index contributed by atoms with van der Waals surface area (Å²) in [4.78, 5) is 34.1. The van der Waals surface area contributed by atoms with Crippen molar-refractivity contribution in [1.82, 2.24) is 9.97 Å². The largest absolute Gasteiger partial charge is 0.494 e. The minimum absolute atomic E-state index is 0.0807. The van der Waals surface area contributed by atoms with Crippen molar-refractivity contribution in [1.29, 1.82) is 0 Å². The van der Waals surface area contributed by atoms with Gasteiger partial charge in [0, 0.05) is 25.2 Å². The third-order valence-corrected chi connectivity index (χ3v) is 5.88. The number of carbonyl (C=O) groups excluding carboxylic acids is 2. The molecule has 1 aromatic carbocycles. The lowest BCUT2D eigenvalue weighted by Gasteiger charge is -2.17. The van der Waals surface area contributed by atoms with Crippen LogP contribution in [0.3, 0.4) is 0 Å². The first-order valence-corrected chi connectivity index (χ1v) is 12.3. The van der Waals surface area contributed by atoms with Crippen LogP contribution in [-0.4, -0.2) is 28.1 Å². The van der Waals surface area contributed by atoms with Gasteiger partial charge in [-0.2, -0.15) is 0 Å². The van der Waals surface area contributed by atoms with Gasteiger partial charge >= 0.3 is 0 Å². The smallest absolute Gasteiger partial charge is 0.181 e. The Kier molecular flexibility index (Phi) is 10.4. The molecule has 0 atom stereocenters. The van der Waals surface area contributed by atoms with Crippen LogP contribution >= 0.6 is 0 Å². The first kappa shape index (κ1) is 25.3. The molecular weight excluding hydrogens is 424 g/mol. The molecule has 0 fully saturated rings. The maximum atomic E-state index is 12.9. The van der Waals surface area contributed by atoms with Crippen LogP contribution in [0.4, 0.5) is 0 Å². The standard InChI is InChI=1S/C29H34N2O3/c1-2-3-4-5-6-11-20-34-25-16-14-23(15-17-25)24(21-28(32)26-12-7-9-18-30-26)22-29(33)27-13-8-10-19-31-27/h7-10,12-19,24H,2-6,11,20-22H2,1H3. The summed E-state index contributed by atoms with van der Waals surface area (Å²) in [5.74, 6) is 0.380. The fourth-order valence-corrected chi connectivity index (χ4v) is 3.93. The predicted molar refractivity (Wildman–Crippen MR) is 134 cm³/mol. The number of unbranched alkanes of at least 4 members (excludes halogenated alkanes) is 5. The van der Waals surface area contributed by atoms with Crippen LogP contribution in [0.1, 0.15) is 90.7 Å². The molecular formula is C29H34N2O3. The molecule has 178 valence electrons. The number of carbonyl (C=O) groups is 2. The van der Waals surface area contributed by atoms with E-state index in [0.717, 1.165) is 17.7 Å². The summed E-state index contributed by atoms with van der Waals surface area (Å²) in [5.41, 5.74) is 1.76. The summed E-state index contributed by atoms with van der Waals surface area (Å²) in [6, 6.07) is 18.3. The molecule has 0 saturated heterocycles. The Morgan fingerprint density at radius 3 is 1.82 bits per heavy atom. The highest BCUT2D eigenvalue weighted by Crippen LogP contribution is 2.28. The number of hydrogen-bond acceptors (Lipinski definition) is 5. The van der Waals surface area contributed by atoms with Gasteiger partial charge in [-0.15, -0.1) is 0 Å². The fourth-order valence-electron chi connectivity index (χ4n) is 3.93. The minimum Gasteiger partial charge on any atom is -0.494 e. The van der Waals surface area contributed by atoms with Gasteiger partial charge in [-0.3, -0.25) is 19.6 Å². The van der Waals surface area contributed by atoms with Crippen molar-refractivity contribution in [3.8, 4) is 5.75 Å².